The van der Waals surface area contributed by atoms with Gasteiger partial charge in [0.25, 0.3) is 0 Å². The number of nitriles is 1. The van der Waals surface area contributed by atoms with Gasteiger partial charge in [0.1, 0.15) is 0 Å². The van der Waals surface area contributed by atoms with Gasteiger partial charge < -0.3 is 9.62 Å². The van der Waals surface area contributed by atoms with Crippen LogP contribution in [0, 0.1) is 11.2 Å². The van der Waals surface area contributed by atoms with E-state index in [0.717, 1.165) is 11.4 Å². The molecule has 0 aliphatic carbocycles. The Balaban J connectivity index is 2.52. The molecule has 1 aromatic rings. The Kier molecular flexibility index (Phi) is 1.66. The number of nitrogens with zero attached hydrogens (tertiary/aromatic N) is 3. The third kappa shape index (κ3) is 0.971. The average molecular weight is 171 g/mol. The molecular formula is C9H10BN3. The predicted molar refractivity (Wildman–Crippen MR) is 54.6 cm³/mol. The molecule has 0 fully saturated rings. The molecule has 0 saturated heterocycles. The van der Waals surface area contributed by atoms with Gasteiger partial charge in [-0.15, -0.1) is 0 Å². The first kappa shape index (κ1) is 8.00. The van der Waals surface area contributed by atoms with Crippen LogP contribution in [0.4, 0.5) is 11.4 Å². The number of para-hydroxylation sites is 2. The molecule has 0 unspecified atom stereocenters. The lowest BCUT2D eigenvalue weighted by Crippen LogP contribution is -2.43. The zero-order valence-corrected chi connectivity index (χ0v) is 7.73. The highest BCUT2D eigenvalue weighted by Crippen LogP contribution is 2.34. The summed E-state index contributed by atoms with van der Waals surface area (Å²) in [6, 6.07) is 8.04. The zero-order chi connectivity index (χ0) is 9.42. The van der Waals surface area contributed by atoms with Crippen molar-refractivity contribution >= 4 is 18.4 Å². The largest absolute Gasteiger partial charge is 0.496 e. The molecule has 3 nitrogen and oxygen atoms in total. The molecule has 64 valence electrons. The lowest BCUT2D eigenvalue weighted by Gasteiger charge is -2.15. The number of anilines is 2. The van der Waals surface area contributed by atoms with Crippen molar-refractivity contribution in [3.05, 3.63) is 24.3 Å². The number of hydrogen-bond donors (Lipinski definition) is 0. The normalized spacial score (nSPS) is 14.4. The molecule has 0 atom stereocenters. The van der Waals surface area contributed by atoms with E-state index < -0.39 is 0 Å². The topological polar surface area (TPSA) is 30.3 Å². The first-order chi connectivity index (χ1) is 6.25. The molecule has 1 aliphatic heterocycles. The van der Waals surface area contributed by atoms with Crippen LogP contribution < -0.4 is 9.62 Å². The fourth-order valence-corrected chi connectivity index (χ4v) is 1.76. The summed E-state index contributed by atoms with van der Waals surface area (Å²) in [5, 5.41) is 8.95. The minimum atomic E-state index is -0.169. The van der Waals surface area contributed by atoms with E-state index in [0.29, 0.717) is 0 Å². The van der Waals surface area contributed by atoms with Crippen molar-refractivity contribution in [2.75, 3.05) is 23.7 Å². The Hall–Kier alpha value is -1.63. The van der Waals surface area contributed by atoms with E-state index >= 15 is 0 Å². The molecule has 1 heterocycles. The van der Waals surface area contributed by atoms with Gasteiger partial charge in [0.05, 0.1) is 5.97 Å². The lowest BCUT2D eigenvalue weighted by atomic mass is 9.77. The highest BCUT2D eigenvalue weighted by molar-refractivity contribution is 6.76. The molecule has 2 rings (SSSR count). The van der Waals surface area contributed by atoms with E-state index in [1.807, 2.05) is 48.0 Å². The van der Waals surface area contributed by atoms with Crippen LogP contribution in [0.2, 0.25) is 0 Å². The third-order valence-corrected chi connectivity index (χ3v) is 2.49. The molecular weight excluding hydrogens is 161 g/mol. The SMILES string of the molecule is CN1B(C#N)N(C)c2ccccc21. The predicted octanol–water partition coefficient (Wildman–Crippen LogP) is 1.12. The molecule has 0 radical (unpaired) electrons. The molecule has 0 aromatic heterocycles. The summed E-state index contributed by atoms with van der Waals surface area (Å²) in [5.74, 6) is 2.26. The molecule has 0 spiro atoms. The maximum absolute atomic E-state index is 8.95. The van der Waals surface area contributed by atoms with E-state index in [1.54, 1.807) is 0 Å². The van der Waals surface area contributed by atoms with Crippen LogP contribution >= 0.6 is 0 Å². The molecule has 0 amide bonds. The summed E-state index contributed by atoms with van der Waals surface area (Å²) in [7, 11) is 3.88. The van der Waals surface area contributed by atoms with Crippen molar-refractivity contribution in [3.63, 3.8) is 0 Å². The first-order valence-electron chi connectivity index (χ1n) is 4.20. The van der Waals surface area contributed by atoms with Gasteiger partial charge in [-0.3, -0.25) is 0 Å². The van der Waals surface area contributed by atoms with E-state index in [2.05, 4.69) is 5.97 Å². The van der Waals surface area contributed by atoms with Crippen molar-refractivity contribution in [3.8, 4) is 5.97 Å². The second kappa shape index (κ2) is 2.70. The summed E-state index contributed by atoms with van der Waals surface area (Å²) in [5.41, 5.74) is 2.24. The van der Waals surface area contributed by atoms with Crippen molar-refractivity contribution in [2.24, 2.45) is 0 Å². The minimum Gasteiger partial charge on any atom is -0.385 e. The first-order valence-corrected chi connectivity index (χ1v) is 4.20. The zero-order valence-electron chi connectivity index (χ0n) is 7.73. The molecule has 4 heteroatoms. The Morgan fingerprint density at radius 1 is 1.15 bits per heavy atom. The van der Waals surface area contributed by atoms with Gasteiger partial charge in [-0.25, -0.2) is 5.26 Å². The summed E-state index contributed by atoms with van der Waals surface area (Å²) in [4.78, 5) is 3.96. The van der Waals surface area contributed by atoms with Gasteiger partial charge in [-0.05, 0) is 26.2 Å². The lowest BCUT2D eigenvalue weighted by molar-refractivity contribution is 1.30. The molecule has 0 bridgehead atoms. The van der Waals surface area contributed by atoms with Crippen LogP contribution in [0.5, 0.6) is 0 Å². The van der Waals surface area contributed by atoms with Crippen LogP contribution in [-0.4, -0.2) is 21.1 Å². The summed E-state index contributed by atoms with van der Waals surface area (Å²) >= 11 is 0. The summed E-state index contributed by atoms with van der Waals surface area (Å²) < 4.78 is 0. The van der Waals surface area contributed by atoms with E-state index in [-0.39, 0.29) is 6.98 Å². The quantitative estimate of drug-likeness (QED) is 0.548. The van der Waals surface area contributed by atoms with E-state index in [9.17, 15) is 0 Å². The van der Waals surface area contributed by atoms with E-state index in [4.69, 9.17) is 5.26 Å². The second-order valence-electron chi connectivity index (χ2n) is 3.21. The van der Waals surface area contributed by atoms with Crippen LogP contribution in [0.1, 0.15) is 0 Å². The number of benzene rings is 1. The van der Waals surface area contributed by atoms with Crippen LogP contribution in [0.25, 0.3) is 0 Å². The van der Waals surface area contributed by atoms with Gasteiger partial charge in [0.2, 0.25) is 0 Å². The molecule has 0 N–H and O–H groups in total. The Morgan fingerprint density at radius 2 is 1.62 bits per heavy atom. The number of rotatable bonds is 0. The summed E-state index contributed by atoms with van der Waals surface area (Å²) in [6.45, 7) is -0.169. The minimum absolute atomic E-state index is 0.169. The third-order valence-electron chi connectivity index (χ3n) is 2.49. The Bertz CT molecular complexity index is 342. The highest BCUT2D eigenvalue weighted by atomic mass is 15.3. The van der Waals surface area contributed by atoms with Crippen LogP contribution in [0.3, 0.4) is 0 Å². The summed E-state index contributed by atoms with van der Waals surface area (Å²) in [6.07, 6.45) is 0. The monoisotopic (exact) mass is 171 g/mol. The fourth-order valence-electron chi connectivity index (χ4n) is 1.76. The number of fused-ring (bicyclic) bond motifs is 1. The smallest absolute Gasteiger partial charge is 0.385 e. The molecule has 1 aliphatic rings. The number of hydrogen-bond acceptors (Lipinski definition) is 3. The maximum Gasteiger partial charge on any atom is 0.496 e. The average Bonchev–Trinajstić information content (AvgIpc) is 2.41. The van der Waals surface area contributed by atoms with Crippen molar-refractivity contribution in [1.82, 2.24) is 0 Å². The second-order valence-corrected chi connectivity index (χ2v) is 3.21. The van der Waals surface area contributed by atoms with Gasteiger partial charge in [0, 0.05) is 11.4 Å². The van der Waals surface area contributed by atoms with Gasteiger partial charge in [0.15, 0.2) is 0 Å². The van der Waals surface area contributed by atoms with Crippen LogP contribution in [-0.2, 0) is 0 Å². The van der Waals surface area contributed by atoms with Crippen molar-refractivity contribution in [1.29, 1.82) is 5.26 Å². The standard InChI is InChI=1S/C9H10BN3/c1-12-8-5-3-4-6-9(8)13(2)10(12)7-11/h3-6H,1-2H3. The van der Waals surface area contributed by atoms with Crippen molar-refractivity contribution < 1.29 is 0 Å². The van der Waals surface area contributed by atoms with Gasteiger partial charge >= 0.3 is 6.98 Å². The Labute approximate surface area is 78.3 Å². The van der Waals surface area contributed by atoms with Gasteiger partial charge in [-0.1, -0.05) is 12.1 Å². The van der Waals surface area contributed by atoms with Crippen LogP contribution in [0.15, 0.2) is 24.3 Å². The van der Waals surface area contributed by atoms with Gasteiger partial charge in [-0.2, -0.15) is 0 Å². The highest BCUT2D eigenvalue weighted by Gasteiger charge is 2.36. The maximum atomic E-state index is 8.95. The van der Waals surface area contributed by atoms with E-state index in [1.165, 1.54) is 0 Å². The molecule has 1 aromatic carbocycles. The molecule has 0 saturated carbocycles. The Morgan fingerprint density at radius 3 is 2.00 bits per heavy atom. The molecule has 13 heavy (non-hydrogen) atoms. The fraction of sp³-hybridized carbons (Fsp3) is 0.222. The van der Waals surface area contributed by atoms with Crippen molar-refractivity contribution in [2.45, 2.75) is 0 Å².